The van der Waals surface area contributed by atoms with E-state index in [4.69, 9.17) is 5.73 Å². The summed E-state index contributed by atoms with van der Waals surface area (Å²) in [5.41, 5.74) is 6.68. The van der Waals surface area contributed by atoms with E-state index in [9.17, 15) is 0 Å². The van der Waals surface area contributed by atoms with Crippen LogP contribution in [0.25, 0.3) is 0 Å². The van der Waals surface area contributed by atoms with E-state index in [0.29, 0.717) is 6.54 Å². The summed E-state index contributed by atoms with van der Waals surface area (Å²) in [6.45, 7) is 0.658. The first kappa shape index (κ1) is 8.05. The van der Waals surface area contributed by atoms with Gasteiger partial charge in [-0.3, -0.25) is 0 Å². The second kappa shape index (κ2) is 3.96. The molecule has 0 spiro atoms. The van der Waals surface area contributed by atoms with Crippen molar-refractivity contribution in [3.63, 3.8) is 0 Å². The quantitative estimate of drug-likeness (QED) is 0.604. The number of benzene rings is 1. The highest BCUT2D eigenvalue weighted by atomic mass is 24.5. The van der Waals surface area contributed by atoms with E-state index in [1.165, 1.54) is 9.26 Å². The average molecular weight is 145 g/mol. The maximum Gasteiger partial charge on any atom is 0.404 e. The predicted molar refractivity (Wildman–Crippen MR) is 45.6 cm³/mol. The first-order chi connectivity index (χ1) is 4.86. The van der Waals surface area contributed by atoms with Gasteiger partial charge in [0.1, 0.15) is 0 Å². The number of hydrogen-bond acceptors (Lipinski definition) is 1. The van der Waals surface area contributed by atoms with Gasteiger partial charge in [0.2, 0.25) is 0 Å². The molecular formula is C8H11MgN. The largest absolute Gasteiger partial charge is 0.404 e. The van der Waals surface area contributed by atoms with Crippen LogP contribution in [0.2, 0.25) is 5.05 Å². The molecule has 0 fully saturated rings. The molecule has 2 heteroatoms. The molecule has 1 nitrogen and oxygen atoms in total. The van der Waals surface area contributed by atoms with Crippen LogP contribution in [0.3, 0.4) is 0 Å². The van der Waals surface area contributed by atoms with Gasteiger partial charge in [-0.15, -0.1) is 5.05 Å². The molecule has 50 valence electrons. The van der Waals surface area contributed by atoms with Crippen LogP contribution in [-0.2, 0) is 6.54 Å². The molecule has 0 heterocycles. The van der Waals surface area contributed by atoms with Crippen LogP contribution in [0.15, 0.2) is 24.3 Å². The first-order valence-electron chi connectivity index (χ1n) is 3.64. The van der Waals surface area contributed by atoms with E-state index in [-0.39, 0.29) is 20.4 Å². The maximum atomic E-state index is 5.45. The summed E-state index contributed by atoms with van der Waals surface area (Å²) in [5.74, 6) is 0. The summed E-state index contributed by atoms with van der Waals surface area (Å²) in [7, 11) is 0. The van der Waals surface area contributed by atoms with Crippen LogP contribution < -0.4 is 9.43 Å². The summed E-state index contributed by atoms with van der Waals surface area (Å²) >= 11 is 0.0268. The Hall–Kier alpha value is -0.0538. The van der Waals surface area contributed by atoms with Crippen molar-refractivity contribution in [2.45, 2.75) is 11.6 Å². The molecule has 0 aromatic heterocycles. The van der Waals surface area contributed by atoms with Crippen LogP contribution >= 0.6 is 0 Å². The molecule has 0 atom stereocenters. The standard InChI is InChI=1S/C7H8N.CH3.Mg/c8-6-7-4-2-1-3-5-7;;/h2-5H,6,8H2;1H3;. The van der Waals surface area contributed by atoms with Gasteiger partial charge in [-0.25, -0.2) is 0 Å². The molecule has 1 aromatic carbocycles. The van der Waals surface area contributed by atoms with Crippen molar-refractivity contribution in [2.75, 3.05) is 0 Å². The van der Waals surface area contributed by atoms with Gasteiger partial charge in [0.05, 0.1) is 0 Å². The summed E-state index contributed by atoms with van der Waals surface area (Å²) in [6.07, 6.45) is 0. The second-order valence-electron chi connectivity index (χ2n) is 2.37. The van der Waals surface area contributed by atoms with E-state index in [1.54, 1.807) is 0 Å². The normalized spacial score (nSPS) is 9.00. The van der Waals surface area contributed by atoms with Crippen molar-refractivity contribution in [3.05, 3.63) is 29.8 Å². The molecule has 0 aliphatic rings. The number of nitrogens with two attached hydrogens (primary N) is 1. The highest BCUT2D eigenvalue weighted by Crippen LogP contribution is 1.93. The Morgan fingerprint density at radius 1 is 1.30 bits per heavy atom. The molecule has 0 aliphatic heterocycles. The molecule has 10 heavy (non-hydrogen) atoms. The Bertz CT molecular complexity index is 170. The van der Waals surface area contributed by atoms with Crippen LogP contribution in [0, 0.1) is 0 Å². The lowest BCUT2D eigenvalue weighted by Gasteiger charge is -1.97. The Morgan fingerprint density at radius 2 is 1.90 bits per heavy atom. The Labute approximate surface area is 71.3 Å². The fourth-order valence-electron chi connectivity index (χ4n) is 0.911. The fourth-order valence-corrected chi connectivity index (χ4v) is 1.62. The van der Waals surface area contributed by atoms with Crippen molar-refractivity contribution >= 4 is 24.1 Å². The number of rotatable bonds is 2. The summed E-state index contributed by atoms with van der Waals surface area (Å²) in [5, 5.41) is 2.29. The Kier molecular flexibility index (Phi) is 3.19. The van der Waals surface area contributed by atoms with Crippen LogP contribution in [0.4, 0.5) is 0 Å². The van der Waals surface area contributed by atoms with E-state index in [0.717, 1.165) is 0 Å². The molecule has 1 rings (SSSR count). The van der Waals surface area contributed by atoms with Crippen molar-refractivity contribution in [3.8, 4) is 0 Å². The monoisotopic (exact) mass is 145 g/mol. The third kappa shape index (κ3) is 1.97. The maximum absolute atomic E-state index is 5.45. The van der Waals surface area contributed by atoms with Gasteiger partial charge in [-0.05, 0) is 5.56 Å². The van der Waals surface area contributed by atoms with E-state index < -0.39 is 0 Å². The van der Waals surface area contributed by atoms with Gasteiger partial charge in [0.15, 0.2) is 0 Å². The zero-order chi connectivity index (χ0) is 7.40. The van der Waals surface area contributed by atoms with E-state index in [2.05, 4.69) is 29.3 Å². The number of hydrogen-bond donors (Lipinski definition) is 1. The molecule has 0 amide bonds. The summed E-state index contributed by atoms with van der Waals surface area (Å²) in [4.78, 5) is 0. The third-order valence-electron chi connectivity index (χ3n) is 1.67. The smallest absolute Gasteiger partial charge is 0.326 e. The van der Waals surface area contributed by atoms with Crippen molar-refractivity contribution in [1.29, 1.82) is 0 Å². The highest BCUT2D eigenvalue weighted by Gasteiger charge is 1.91. The lowest BCUT2D eigenvalue weighted by atomic mass is 10.2. The minimum Gasteiger partial charge on any atom is -0.326 e. The Morgan fingerprint density at radius 3 is 2.30 bits per heavy atom. The zero-order valence-electron chi connectivity index (χ0n) is 6.30. The van der Waals surface area contributed by atoms with Crippen molar-refractivity contribution < 1.29 is 0 Å². The molecule has 0 radical (unpaired) electrons. The minimum atomic E-state index is 0.0268. The van der Waals surface area contributed by atoms with Gasteiger partial charge in [0.25, 0.3) is 0 Å². The van der Waals surface area contributed by atoms with E-state index in [1.807, 2.05) is 0 Å². The average Bonchev–Trinajstić information content (AvgIpc) is 2.05. The molecule has 0 saturated heterocycles. The van der Waals surface area contributed by atoms with Crippen LogP contribution in [-0.4, -0.2) is 20.4 Å². The fraction of sp³-hybridized carbons (Fsp3) is 0.250. The lowest BCUT2D eigenvalue weighted by Crippen LogP contribution is -2.10. The highest BCUT2D eigenvalue weighted by molar-refractivity contribution is 6.51. The van der Waals surface area contributed by atoms with Crippen molar-refractivity contribution in [2.24, 2.45) is 5.73 Å². The van der Waals surface area contributed by atoms with Gasteiger partial charge in [0, 0.05) is 6.54 Å². The Balaban J connectivity index is 2.80. The van der Waals surface area contributed by atoms with Gasteiger partial charge >= 0.3 is 20.4 Å². The molecule has 0 bridgehead atoms. The third-order valence-corrected chi connectivity index (χ3v) is 2.95. The lowest BCUT2D eigenvalue weighted by molar-refractivity contribution is 1.07. The molecule has 1 aromatic rings. The molecular weight excluding hydrogens is 134 g/mol. The van der Waals surface area contributed by atoms with Gasteiger partial charge < -0.3 is 5.73 Å². The second-order valence-corrected chi connectivity index (χ2v) is 3.90. The van der Waals surface area contributed by atoms with Crippen LogP contribution in [0.5, 0.6) is 0 Å². The predicted octanol–water partition coefficient (Wildman–Crippen LogP) is 0.523. The van der Waals surface area contributed by atoms with Gasteiger partial charge in [-0.2, -0.15) is 3.69 Å². The van der Waals surface area contributed by atoms with Crippen LogP contribution in [0.1, 0.15) is 5.56 Å². The van der Waals surface area contributed by atoms with Crippen molar-refractivity contribution in [1.82, 2.24) is 0 Å². The molecule has 2 N–H and O–H groups in total. The minimum absolute atomic E-state index is 0.0268. The molecule has 0 saturated carbocycles. The first-order valence-corrected chi connectivity index (χ1v) is 5.77. The zero-order valence-corrected chi connectivity index (χ0v) is 7.72. The van der Waals surface area contributed by atoms with Gasteiger partial charge in [-0.1, -0.05) is 24.3 Å². The molecule has 0 aliphatic carbocycles. The van der Waals surface area contributed by atoms with E-state index >= 15 is 0 Å². The SMILES string of the molecule is [CH3][Mg][c]1ccc(CN)cc1. The summed E-state index contributed by atoms with van der Waals surface area (Å²) in [6, 6.07) is 8.61. The summed E-state index contributed by atoms with van der Waals surface area (Å²) < 4.78 is 1.51. The molecule has 0 unspecified atom stereocenters. The topological polar surface area (TPSA) is 26.0 Å².